The van der Waals surface area contributed by atoms with Crippen LogP contribution in [0.3, 0.4) is 0 Å². The third-order valence-corrected chi connectivity index (χ3v) is 7.32. The molecule has 1 heterocycles. The zero-order valence-electron chi connectivity index (χ0n) is 16.1. The van der Waals surface area contributed by atoms with Gasteiger partial charge in [0.2, 0.25) is 10.0 Å². The molecular weight excluding hydrogens is 435 g/mol. The average molecular weight is 455 g/mol. The number of rotatable bonds is 6. The van der Waals surface area contributed by atoms with E-state index in [1.54, 1.807) is 39.0 Å². The Hall–Kier alpha value is -2.06. The quantitative estimate of drug-likeness (QED) is 0.545. The third-order valence-electron chi connectivity index (χ3n) is 4.65. The Labute approximate surface area is 179 Å². The van der Waals surface area contributed by atoms with Crippen molar-refractivity contribution >= 4 is 55.8 Å². The van der Waals surface area contributed by atoms with Gasteiger partial charge >= 0.3 is 0 Å². The van der Waals surface area contributed by atoms with E-state index in [-0.39, 0.29) is 21.4 Å². The highest BCUT2D eigenvalue weighted by Gasteiger charge is 2.24. The van der Waals surface area contributed by atoms with Crippen LogP contribution in [0.1, 0.15) is 30.0 Å². The van der Waals surface area contributed by atoms with Crippen molar-refractivity contribution in [1.29, 1.82) is 0 Å². The van der Waals surface area contributed by atoms with Crippen LogP contribution in [0.2, 0.25) is 10.0 Å². The molecule has 1 N–H and O–H groups in total. The zero-order chi connectivity index (χ0) is 21.3. The van der Waals surface area contributed by atoms with Gasteiger partial charge in [-0.25, -0.2) is 8.42 Å². The Morgan fingerprint density at radius 3 is 2.41 bits per heavy atom. The number of hydrogen-bond acceptors (Lipinski definition) is 4. The molecule has 0 radical (unpaired) electrons. The molecule has 0 saturated heterocycles. The van der Waals surface area contributed by atoms with Gasteiger partial charge in [-0.2, -0.15) is 4.31 Å². The number of nitrogens with zero attached hydrogens (tertiary/aromatic N) is 1. The van der Waals surface area contributed by atoms with Crippen molar-refractivity contribution in [2.24, 2.45) is 0 Å². The lowest BCUT2D eigenvalue weighted by atomic mass is 10.1. The molecule has 3 aromatic rings. The second-order valence-corrected chi connectivity index (χ2v) is 9.11. The third kappa shape index (κ3) is 4.00. The predicted molar refractivity (Wildman–Crippen MR) is 115 cm³/mol. The van der Waals surface area contributed by atoms with Crippen LogP contribution < -0.4 is 5.32 Å². The van der Waals surface area contributed by atoms with Gasteiger partial charge in [0.05, 0.1) is 20.6 Å². The van der Waals surface area contributed by atoms with E-state index in [0.717, 1.165) is 5.39 Å². The number of amides is 1. The van der Waals surface area contributed by atoms with Crippen molar-refractivity contribution in [3.63, 3.8) is 0 Å². The number of hydrogen-bond donors (Lipinski definition) is 1. The fraction of sp³-hybridized carbons (Fsp3) is 0.250. The standard InChI is InChI=1S/C20H20Cl2N2O4S/c1-4-24(5-2)29(26,27)13-9-10-15(21)17(11-13)23-20(25)18-12(3)14-7-6-8-16(22)19(14)28-18/h6-11H,4-5H2,1-3H3,(H,23,25). The van der Waals surface area contributed by atoms with Gasteiger partial charge < -0.3 is 9.73 Å². The van der Waals surface area contributed by atoms with Crippen molar-refractivity contribution in [3.8, 4) is 0 Å². The molecule has 154 valence electrons. The molecule has 0 aliphatic heterocycles. The van der Waals surface area contributed by atoms with Crippen molar-refractivity contribution in [2.75, 3.05) is 18.4 Å². The Morgan fingerprint density at radius 2 is 1.79 bits per heavy atom. The molecular formula is C20H20Cl2N2O4S. The Morgan fingerprint density at radius 1 is 1.10 bits per heavy atom. The summed E-state index contributed by atoms with van der Waals surface area (Å²) in [5.74, 6) is -0.463. The van der Waals surface area contributed by atoms with Gasteiger partial charge in [-0.3, -0.25) is 4.79 Å². The number of halogens is 2. The SMILES string of the molecule is CCN(CC)S(=O)(=O)c1ccc(Cl)c(NC(=O)c2oc3c(Cl)cccc3c2C)c1. The first-order chi connectivity index (χ1) is 13.7. The number of nitrogens with one attached hydrogen (secondary N) is 1. The molecule has 1 amide bonds. The monoisotopic (exact) mass is 454 g/mol. The number of aryl methyl sites for hydroxylation is 1. The Balaban J connectivity index is 1.98. The van der Waals surface area contributed by atoms with Crippen molar-refractivity contribution in [3.05, 3.63) is 57.8 Å². The van der Waals surface area contributed by atoms with Crippen molar-refractivity contribution in [2.45, 2.75) is 25.7 Å². The molecule has 0 unspecified atom stereocenters. The Kier molecular flexibility index (Phi) is 6.24. The topological polar surface area (TPSA) is 79.6 Å². The number of furan rings is 1. The summed E-state index contributed by atoms with van der Waals surface area (Å²) in [6, 6.07) is 9.45. The number of benzene rings is 2. The lowest BCUT2D eigenvalue weighted by Gasteiger charge is -2.19. The number of sulfonamides is 1. The summed E-state index contributed by atoms with van der Waals surface area (Å²) < 4.78 is 32.5. The van der Waals surface area contributed by atoms with E-state index in [9.17, 15) is 13.2 Å². The predicted octanol–water partition coefficient (Wildman–Crippen LogP) is 5.33. The Bertz CT molecular complexity index is 1180. The molecule has 29 heavy (non-hydrogen) atoms. The van der Waals surface area contributed by atoms with Gasteiger partial charge in [-0.1, -0.05) is 49.2 Å². The van der Waals surface area contributed by atoms with Crippen LogP contribution in [0, 0.1) is 6.92 Å². The first-order valence-corrected chi connectivity index (χ1v) is 11.2. The fourth-order valence-electron chi connectivity index (χ4n) is 3.08. The van der Waals surface area contributed by atoms with E-state index in [4.69, 9.17) is 27.6 Å². The van der Waals surface area contributed by atoms with Gasteiger partial charge in [0.15, 0.2) is 11.3 Å². The summed E-state index contributed by atoms with van der Waals surface area (Å²) in [4.78, 5) is 12.9. The summed E-state index contributed by atoms with van der Waals surface area (Å²) in [5, 5.41) is 3.98. The second kappa shape index (κ2) is 8.36. The smallest absolute Gasteiger partial charge is 0.291 e. The zero-order valence-corrected chi connectivity index (χ0v) is 18.5. The second-order valence-electron chi connectivity index (χ2n) is 6.36. The van der Waals surface area contributed by atoms with E-state index < -0.39 is 15.9 Å². The lowest BCUT2D eigenvalue weighted by Crippen LogP contribution is -2.30. The largest absolute Gasteiger partial charge is 0.449 e. The van der Waals surface area contributed by atoms with E-state index in [1.807, 2.05) is 0 Å². The molecule has 0 spiro atoms. The van der Waals surface area contributed by atoms with E-state index >= 15 is 0 Å². The highest BCUT2D eigenvalue weighted by molar-refractivity contribution is 7.89. The normalized spacial score (nSPS) is 11.9. The summed E-state index contributed by atoms with van der Waals surface area (Å²) >= 11 is 12.3. The molecule has 0 saturated carbocycles. The molecule has 0 fully saturated rings. The van der Waals surface area contributed by atoms with Crippen molar-refractivity contribution in [1.82, 2.24) is 4.31 Å². The maximum atomic E-state index is 12.8. The van der Waals surface area contributed by atoms with E-state index in [1.165, 1.54) is 22.5 Å². The molecule has 9 heteroatoms. The van der Waals surface area contributed by atoms with Gasteiger partial charge in [0.25, 0.3) is 5.91 Å². The number of carbonyl (C=O) groups is 1. The highest BCUT2D eigenvalue weighted by Crippen LogP contribution is 2.32. The van der Waals surface area contributed by atoms with Crippen LogP contribution in [0.25, 0.3) is 11.0 Å². The van der Waals surface area contributed by atoms with Crippen LogP contribution in [0.4, 0.5) is 5.69 Å². The maximum Gasteiger partial charge on any atom is 0.291 e. The van der Waals surface area contributed by atoms with Gasteiger partial charge in [0, 0.05) is 24.0 Å². The van der Waals surface area contributed by atoms with Crippen LogP contribution in [-0.2, 0) is 10.0 Å². The highest BCUT2D eigenvalue weighted by atomic mass is 35.5. The van der Waals surface area contributed by atoms with Crippen LogP contribution >= 0.6 is 23.2 Å². The van der Waals surface area contributed by atoms with Gasteiger partial charge in [-0.05, 0) is 31.2 Å². The first-order valence-electron chi connectivity index (χ1n) is 8.99. The number of fused-ring (bicyclic) bond motifs is 1. The molecule has 0 bridgehead atoms. The summed E-state index contributed by atoms with van der Waals surface area (Å²) in [6.07, 6.45) is 0. The summed E-state index contributed by atoms with van der Waals surface area (Å²) in [7, 11) is -3.69. The van der Waals surface area contributed by atoms with Crippen LogP contribution in [0.5, 0.6) is 0 Å². The molecule has 0 aliphatic rings. The molecule has 2 aromatic carbocycles. The molecule has 1 aromatic heterocycles. The van der Waals surface area contributed by atoms with E-state index in [2.05, 4.69) is 5.32 Å². The number of anilines is 1. The minimum atomic E-state index is -3.69. The number of carbonyl (C=O) groups excluding carboxylic acids is 1. The molecule has 6 nitrogen and oxygen atoms in total. The summed E-state index contributed by atoms with van der Waals surface area (Å²) in [6.45, 7) is 5.94. The molecule has 0 aliphatic carbocycles. The summed E-state index contributed by atoms with van der Waals surface area (Å²) in [5.41, 5.74) is 1.22. The molecule has 0 atom stereocenters. The van der Waals surface area contributed by atoms with Crippen LogP contribution in [-0.4, -0.2) is 31.7 Å². The average Bonchev–Trinajstić information content (AvgIpc) is 3.02. The lowest BCUT2D eigenvalue weighted by molar-refractivity contribution is 0.0998. The van der Waals surface area contributed by atoms with E-state index in [0.29, 0.717) is 29.3 Å². The number of para-hydroxylation sites is 1. The molecule has 3 rings (SSSR count). The maximum absolute atomic E-state index is 12.8. The van der Waals surface area contributed by atoms with Crippen molar-refractivity contribution < 1.29 is 17.6 Å². The van der Waals surface area contributed by atoms with Crippen LogP contribution in [0.15, 0.2) is 45.7 Å². The van der Waals surface area contributed by atoms with Gasteiger partial charge in [0.1, 0.15) is 0 Å². The minimum Gasteiger partial charge on any atom is -0.449 e. The minimum absolute atomic E-state index is 0.0465. The fourth-order valence-corrected chi connectivity index (χ4v) is 4.94. The first kappa shape index (κ1) is 21.6. The van der Waals surface area contributed by atoms with Gasteiger partial charge in [-0.15, -0.1) is 0 Å².